The van der Waals surface area contributed by atoms with E-state index in [-0.39, 0.29) is 4.90 Å². The standard InChI is InChI=1S/C22H27N3O4S2/c1-24(2)31(26,27)20-12-6-17(7-13-20)21-16-30-22(25(21)14-5-15-28-3)23-18-8-10-19(29-4)11-9-18/h6-13,16H,5,14-15H2,1-4H3. The van der Waals surface area contributed by atoms with Crippen molar-refractivity contribution < 1.29 is 17.9 Å². The van der Waals surface area contributed by atoms with Crippen molar-refractivity contribution in [1.29, 1.82) is 0 Å². The highest BCUT2D eigenvalue weighted by molar-refractivity contribution is 7.89. The van der Waals surface area contributed by atoms with E-state index in [9.17, 15) is 8.42 Å². The summed E-state index contributed by atoms with van der Waals surface area (Å²) < 4.78 is 38.5. The lowest BCUT2D eigenvalue weighted by atomic mass is 10.2. The van der Waals surface area contributed by atoms with Gasteiger partial charge in [0.15, 0.2) is 4.80 Å². The molecule has 3 rings (SSSR count). The summed E-state index contributed by atoms with van der Waals surface area (Å²) in [5.74, 6) is 0.784. The molecule has 0 bridgehead atoms. The lowest BCUT2D eigenvalue weighted by Crippen LogP contribution is -2.22. The molecule has 0 spiro atoms. The van der Waals surface area contributed by atoms with Crippen LogP contribution in [0.1, 0.15) is 6.42 Å². The van der Waals surface area contributed by atoms with E-state index >= 15 is 0 Å². The first-order valence-corrected chi connectivity index (χ1v) is 12.1. The lowest BCUT2D eigenvalue weighted by Gasteiger charge is -2.12. The van der Waals surface area contributed by atoms with Crippen LogP contribution in [0.4, 0.5) is 5.69 Å². The smallest absolute Gasteiger partial charge is 0.242 e. The van der Waals surface area contributed by atoms with Crippen LogP contribution in [-0.2, 0) is 21.3 Å². The molecular weight excluding hydrogens is 434 g/mol. The predicted molar refractivity (Wildman–Crippen MR) is 123 cm³/mol. The van der Waals surface area contributed by atoms with Gasteiger partial charge in [-0.2, -0.15) is 0 Å². The van der Waals surface area contributed by atoms with Gasteiger partial charge in [-0.1, -0.05) is 12.1 Å². The SMILES string of the molecule is COCCCn1c(-c2ccc(S(=O)(=O)N(C)C)cc2)csc1=Nc1ccc(OC)cc1. The van der Waals surface area contributed by atoms with Gasteiger partial charge in [-0.3, -0.25) is 0 Å². The highest BCUT2D eigenvalue weighted by Gasteiger charge is 2.17. The molecule has 2 aromatic carbocycles. The zero-order valence-electron chi connectivity index (χ0n) is 18.1. The van der Waals surface area contributed by atoms with E-state index in [4.69, 9.17) is 14.5 Å². The molecule has 166 valence electrons. The Morgan fingerprint density at radius 3 is 2.29 bits per heavy atom. The Hall–Kier alpha value is -2.46. The number of nitrogens with zero attached hydrogens (tertiary/aromatic N) is 3. The van der Waals surface area contributed by atoms with Crippen molar-refractivity contribution >= 4 is 27.0 Å². The Labute approximate surface area is 187 Å². The fourth-order valence-electron chi connectivity index (χ4n) is 3.01. The molecule has 0 aliphatic heterocycles. The molecule has 0 fully saturated rings. The van der Waals surface area contributed by atoms with Gasteiger partial charge in [0.2, 0.25) is 10.0 Å². The molecule has 0 unspecified atom stereocenters. The highest BCUT2D eigenvalue weighted by atomic mass is 32.2. The average molecular weight is 462 g/mol. The molecule has 1 heterocycles. The number of rotatable bonds is 9. The fourth-order valence-corrected chi connectivity index (χ4v) is 4.87. The van der Waals surface area contributed by atoms with E-state index in [1.807, 2.05) is 41.8 Å². The molecule has 0 aliphatic carbocycles. The monoisotopic (exact) mass is 461 g/mol. The number of ether oxygens (including phenoxy) is 2. The number of aromatic nitrogens is 1. The van der Waals surface area contributed by atoms with E-state index in [0.717, 1.165) is 40.5 Å². The van der Waals surface area contributed by atoms with Gasteiger partial charge in [-0.05, 0) is 48.4 Å². The van der Waals surface area contributed by atoms with Crippen LogP contribution in [0.25, 0.3) is 11.3 Å². The normalized spacial score (nSPS) is 12.5. The van der Waals surface area contributed by atoms with Gasteiger partial charge in [0, 0.05) is 39.7 Å². The molecule has 0 N–H and O–H groups in total. The van der Waals surface area contributed by atoms with Gasteiger partial charge in [-0.15, -0.1) is 11.3 Å². The molecule has 31 heavy (non-hydrogen) atoms. The fraction of sp³-hybridized carbons (Fsp3) is 0.318. The summed E-state index contributed by atoms with van der Waals surface area (Å²) >= 11 is 1.55. The first-order chi connectivity index (χ1) is 14.9. The van der Waals surface area contributed by atoms with Gasteiger partial charge >= 0.3 is 0 Å². The molecule has 0 radical (unpaired) electrons. The molecule has 0 amide bonds. The van der Waals surface area contributed by atoms with Crippen molar-refractivity contribution in [3.05, 3.63) is 58.7 Å². The van der Waals surface area contributed by atoms with E-state index < -0.39 is 10.0 Å². The van der Waals surface area contributed by atoms with Crippen molar-refractivity contribution in [1.82, 2.24) is 8.87 Å². The van der Waals surface area contributed by atoms with Crippen molar-refractivity contribution in [2.75, 3.05) is 34.9 Å². The molecule has 0 atom stereocenters. The van der Waals surface area contributed by atoms with E-state index in [2.05, 4.69) is 4.57 Å². The molecule has 0 saturated heterocycles. The number of thiazole rings is 1. The molecule has 7 nitrogen and oxygen atoms in total. The van der Waals surface area contributed by atoms with E-state index in [1.54, 1.807) is 37.7 Å². The van der Waals surface area contributed by atoms with E-state index in [1.165, 1.54) is 18.4 Å². The maximum atomic E-state index is 12.4. The van der Waals surface area contributed by atoms with Crippen molar-refractivity contribution in [2.24, 2.45) is 4.99 Å². The summed E-state index contributed by atoms with van der Waals surface area (Å²) in [5.41, 5.74) is 2.76. The Morgan fingerprint density at radius 2 is 1.71 bits per heavy atom. The zero-order chi connectivity index (χ0) is 22.4. The van der Waals surface area contributed by atoms with Crippen molar-refractivity contribution in [2.45, 2.75) is 17.9 Å². The molecule has 3 aromatic rings. The number of benzene rings is 2. The second-order valence-corrected chi connectivity index (χ2v) is 10.0. The molecule has 9 heteroatoms. The van der Waals surface area contributed by atoms with Gasteiger partial charge < -0.3 is 14.0 Å². The number of sulfonamides is 1. The largest absolute Gasteiger partial charge is 0.497 e. The van der Waals surface area contributed by atoms with E-state index in [0.29, 0.717) is 6.61 Å². The molecular formula is C22H27N3O4S2. The maximum absolute atomic E-state index is 12.4. The van der Waals surface area contributed by atoms with Crippen LogP contribution in [0, 0.1) is 0 Å². The Balaban J connectivity index is 2.01. The van der Waals surface area contributed by atoms with Crippen LogP contribution < -0.4 is 9.54 Å². The summed E-state index contributed by atoms with van der Waals surface area (Å²) in [5, 5.41) is 2.05. The van der Waals surface area contributed by atoms with Gasteiger partial charge in [-0.25, -0.2) is 17.7 Å². The minimum absolute atomic E-state index is 0.269. The number of hydrogen-bond acceptors (Lipinski definition) is 6. The minimum Gasteiger partial charge on any atom is -0.497 e. The molecule has 1 aromatic heterocycles. The summed E-state index contributed by atoms with van der Waals surface area (Å²) in [7, 11) is 2.91. The first kappa shape index (κ1) is 23.2. The molecule has 0 saturated carbocycles. The van der Waals surface area contributed by atoms with Crippen molar-refractivity contribution in [3.63, 3.8) is 0 Å². The quantitative estimate of drug-likeness (QED) is 0.455. The summed E-state index contributed by atoms with van der Waals surface area (Å²) in [6, 6.07) is 14.5. The van der Waals surface area contributed by atoms with Gasteiger partial charge in [0.25, 0.3) is 0 Å². The van der Waals surface area contributed by atoms with Crippen LogP contribution in [-0.4, -0.2) is 52.2 Å². The Bertz CT molecular complexity index is 1160. The third-order valence-corrected chi connectivity index (χ3v) is 7.45. The Morgan fingerprint density at radius 1 is 1.03 bits per heavy atom. The zero-order valence-corrected chi connectivity index (χ0v) is 19.7. The van der Waals surface area contributed by atoms with Crippen LogP contribution in [0.2, 0.25) is 0 Å². The highest BCUT2D eigenvalue weighted by Crippen LogP contribution is 2.24. The van der Waals surface area contributed by atoms with Gasteiger partial charge in [0.1, 0.15) is 5.75 Å². The lowest BCUT2D eigenvalue weighted by molar-refractivity contribution is 0.190. The topological polar surface area (TPSA) is 73.1 Å². The predicted octanol–water partition coefficient (Wildman–Crippen LogP) is 3.74. The summed E-state index contributed by atoms with van der Waals surface area (Å²) in [4.78, 5) is 5.94. The molecule has 0 aliphatic rings. The summed E-state index contributed by atoms with van der Waals surface area (Å²) in [6.07, 6.45) is 0.836. The first-order valence-electron chi connectivity index (χ1n) is 9.76. The number of methoxy groups -OCH3 is 2. The van der Waals surface area contributed by atoms with Crippen LogP contribution >= 0.6 is 11.3 Å². The second-order valence-electron chi connectivity index (χ2n) is 7.02. The third kappa shape index (κ3) is 5.43. The average Bonchev–Trinajstić information content (AvgIpc) is 3.16. The number of hydrogen-bond donors (Lipinski definition) is 0. The maximum Gasteiger partial charge on any atom is 0.242 e. The van der Waals surface area contributed by atoms with Gasteiger partial charge in [0.05, 0.1) is 23.4 Å². The summed E-state index contributed by atoms with van der Waals surface area (Å²) in [6.45, 7) is 1.38. The van der Waals surface area contributed by atoms with Crippen molar-refractivity contribution in [3.8, 4) is 17.0 Å². The second kappa shape index (κ2) is 10.2. The van der Waals surface area contributed by atoms with Crippen LogP contribution in [0.5, 0.6) is 5.75 Å². The Kier molecular flexibility index (Phi) is 7.66. The minimum atomic E-state index is -3.46. The van der Waals surface area contributed by atoms with Crippen LogP contribution in [0.3, 0.4) is 0 Å². The van der Waals surface area contributed by atoms with Crippen LogP contribution in [0.15, 0.2) is 63.8 Å². The third-order valence-electron chi connectivity index (χ3n) is 4.75.